The number of hydrogen-bond acceptors (Lipinski definition) is 6. The molecule has 0 atom stereocenters. The van der Waals surface area contributed by atoms with Gasteiger partial charge in [0.05, 0.1) is 15.5 Å². The van der Waals surface area contributed by atoms with E-state index < -0.39 is 11.8 Å². The normalized spacial score (nSPS) is 14.1. The fraction of sp³-hybridized carbons (Fsp3) is 0.111. The molecule has 10 heteroatoms. The molecule has 1 saturated heterocycles. The molecule has 37 heavy (non-hydrogen) atoms. The van der Waals surface area contributed by atoms with Gasteiger partial charge >= 0.3 is 0 Å². The van der Waals surface area contributed by atoms with Gasteiger partial charge < -0.3 is 10.1 Å². The number of thiocarbonyl (C=S) groups is 1. The van der Waals surface area contributed by atoms with Crippen molar-refractivity contribution in [3.63, 3.8) is 0 Å². The number of hydrazine groups is 1. The molecule has 0 saturated carbocycles. The molecule has 3 aromatic carbocycles. The van der Waals surface area contributed by atoms with Crippen molar-refractivity contribution in [3.8, 4) is 5.75 Å². The van der Waals surface area contributed by atoms with Crippen molar-refractivity contribution in [2.45, 2.75) is 13.8 Å². The summed E-state index contributed by atoms with van der Waals surface area (Å²) in [5, 5.41) is 4.11. The monoisotopic (exact) mass is 551 g/mol. The van der Waals surface area contributed by atoms with Crippen LogP contribution in [0.4, 0.5) is 5.69 Å². The summed E-state index contributed by atoms with van der Waals surface area (Å²) in [5.41, 5.74) is 6.17. The third kappa shape index (κ3) is 6.76. The van der Waals surface area contributed by atoms with E-state index in [1.54, 1.807) is 48.5 Å². The molecule has 0 spiro atoms. The first-order valence-corrected chi connectivity index (χ1v) is 12.7. The number of benzene rings is 3. The highest BCUT2D eigenvalue weighted by Gasteiger charge is 2.34. The SMILES string of the molecule is Cc1cccc(NC(=O)COc2ccc(/C=C3/SC(=S)N(NC(=O)c4ccc(C)cc4Cl)C3=O)cc2)c1. The Morgan fingerprint density at radius 2 is 1.78 bits per heavy atom. The van der Waals surface area contributed by atoms with Crippen LogP contribution in [0.1, 0.15) is 27.0 Å². The van der Waals surface area contributed by atoms with Gasteiger partial charge in [0.2, 0.25) is 0 Å². The Morgan fingerprint density at radius 1 is 1.05 bits per heavy atom. The van der Waals surface area contributed by atoms with Crippen LogP contribution in [-0.4, -0.2) is 33.7 Å². The van der Waals surface area contributed by atoms with Gasteiger partial charge in [-0.2, -0.15) is 5.01 Å². The number of nitrogens with one attached hydrogen (secondary N) is 2. The van der Waals surface area contributed by atoms with E-state index in [1.807, 2.05) is 38.1 Å². The number of thioether (sulfide) groups is 1. The fourth-order valence-corrected chi connectivity index (χ4v) is 4.91. The number of carbonyl (C=O) groups is 3. The number of aryl methyl sites for hydroxylation is 2. The van der Waals surface area contributed by atoms with Crippen molar-refractivity contribution in [2.75, 3.05) is 11.9 Å². The van der Waals surface area contributed by atoms with Gasteiger partial charge in [-0.1, -0.05) is 53.7 Å². The first-order chi connectivity index (χ1) is 17.7. The largest absolute Gasteiger partial charge is 0.484 e. The summed E-state index contributed by atoms with van der Waals surface area (Å²) in [4.78, 5) is 38.0. The Kier molecular flexibility index (Phi) is 8.27. The molecule has 3 aromatic rings. The first-order valence-electron chi connectivity index (χ1n) is 11.1. The first kappa shape index (κ1) is 26.4. The van der Waals surface area contributed by atoms with E-state index in [2.05, 4.69) is 10.7 Å². The van der Waals surface area contributed by atoms with Crippen LogP contribution in [0, 0.1) is 13.8 Å². The van der Waals surface area contributed by atoms with Gasteiger partial charge in [-0.05, 0) is 85.2 Å². The molecule has 4 rings (SSSR count). The van der Waals surface area contributed by atoms with Crippen LogP contribution in [0.2, 0.25) is 5.02 Å². The highest BCUT2D eigenvalue weighted by atomic mass is 35.5. The van der Waals surface area contributed by atoms with Gasteiger partial charge in [0.1, 0.15) is 5.75 Å². The summed E-state index contributed by atoms with van der Waals surface area (Å²) in [6.45, 7) is 3.67. The summed E-state index contributed by atoms with van der Waals surface area (Å²) < 4.78 is 5.76. The molecule has 1 heterocycles. The van der Waals surface area contributed by atoms with Gasteiger partial charge in [-0.15, -0.1) is 0 Å². The van der Waals surface area contributed by atoms with E-state index in [0.29, 0.717) is 16.3 Å². The minimum atomic E-state index is -0.532. The van der Waals surface area contributed by atoms with Crippen molar-refractivity contribution in [1.29, 1.82) is 0 Å². The molecule has 1 fully saturated rings. The number of rotatable bonds is 7. The van der Waals surface area contributed by atoms with E-state index in [-0.39, 0.29) is 27.4 Å². The average Bonchev–Trinajstić information content (AvgIpc) is 3.10. The third-order valence-electron chi connectivity index (χ3n) is 5.23. The summed E-state index contributed by atoms with van der Waals surface area (Å²) >= 11 is 12.5. The number of carbonyl (C=O) groups excluding carboxylic acids is 3. The highest BCUT2D eigenvalue weighted by Crippen LogP contribution is 2.32. The van der Waals surface area contributed by atoms with E-state index in [0.717, 1.165) is 33.5 Å². The van der Waals surface area contributed by atoms with E-state index in [1.165, 1.54) is 0 Å². The van der Waals surface area contributed by atoms with Crippen LogP contribution in [0.5, 0.6) is 5.75 Å². The standard InChI is InChI=1S/C27H22ClN3O4S2/c1-16-4-3-5-19(12-16)29-24(32)15-35-20-9-7-18(8-10-20)14-23-26(34)31(27(36)37-23)30-25(33)21-11-6-17(2)13-22(21)28/h3-14H,15H2,1-2H3,(H,29,32)(H,30,33)/b23-14+. The zero-order valence-corrected chi connectivity index (χ0v) is 22.3. The van der Waals surface area contributed by atoms with Crippen molar-refractivity contribution >= 4 is 69.4 Å². The third-order valence-corrected chi connectivity index (χ3v) is 6.84. The number of anilines is 1. The quantitative estimate of drug-likeness (QED) is 0.297. The van der Waals surface area contributed by atoms with Crippen LogP contribution >= 0.6 is 35.6 Å². The van der Waals surface area contributed by atoms with Crippen LogP contribution in [0.25, 0.3) is 6.08 Å². The topological polar surface area (TPSA) is 87.7 Å². The summed E-state index contributed by atoms with van der Waals surface area (Å²) in [7, 11) is 0. The molecule has 188 valence electrons. The second kappa shape index (κ2) is 11.6. The van der Waals surface area contributed by atoms with Gasteiger partial charge in [-0.3, -0.25) is 19.8 Å². The molecule has 1 aliphatic heterocycles. The Balaban J connectivity index is 1.35. The number of amides is 3. The van der Waals surface area contributed by atoms with Crippen LogP contribution in [0.15, 0.2) is 71.6 Å². The van der Waals surface area contributed by atoms with Crippen LogP contribution < -0.4 is 15.5 Å². The summed E-state index contributed by atoms with van der Waals surface area (Å²) in [6.07, 6.45) is 1.67. The number of hydrogen-bond donors (Lipinski definition) is 2. The average molecular weight is 552 g/mol. The van der Waals surface area contributed by atoms with Gasteiger partial charge in [0.25, 0.3) is 17.7 Å². The predicted octanol–water partition coefficient (Wildman–Crippen LogP) is 5.52. The molecule has 0 aliphatic carbocycles. The molecule has 0 aromatic heterocycles. The minimum absolute atomic E-state index is 0.142. The zero-order chi connectivity index (χ0) is 26.5. The predicted molar refractivity (Wildman–Crippen MR) is 150 cm³/mol. The maximum Gasteiger partial charge on any atom is 0.285 e. The second-order valence-corrected chi connectivity index (χ2v) is 10.3. The maximum absolute atomic E-state index is 12.9. The van der Waals surface area contributed by atoms with Crippen LogP contribution in [0.3, 0.4) is 0 Å². The second-order valence-electron chi connectivity index (χ2n) is 8.22. The van der Waals surface area contributed by atoms with Crippen molar-refractivity contribution in [2.24, 2.45) is 0 Å². The number of ether oxygens (including phenoxy) is 1. The molecular weight excluding hydrogens is 530 g/mol. The maximum atomic E-state index is 12.9. The molecule has 0 unspecified atom stereocenters. The van der Waals surface area contributed by atoms with Crippen molar-refractivity contribution in [1.82, 2.24) is 10.4 Å². The van der Waals surface area contributed by atoms with Crippen LogP contribution in [-0.2, 0) is 9.59 Å². The summed E-state index contributed by atoms with van der Waals surface area (Å²) in [6, 6.07) is 19.4. The smallest absolute Gasteiger partial charge is 0.285 e. The molecule has 1 aliphatic rings. The lowest BCUT2D eigenvalue weighted by Gasteiger charge is -2.16. The summed E-state index contributed by atoms with van der Waals surface area (Å²) in [5.74, 6) is -0.742. The molecule has 2 N–H and O–H groups in total. The molecule has 3 amide bonds. The Morgan fingerprint density at radius 3 is 2.49 bits per heavy atom. The lowest BCUT2D eigenvalue weighted by Crippen LogP contribution is -2.44. The highest BCUT2D eigenvalue weighted by molar-refractivity contribution is 8.26. The Labute approximate surface area is 228 Å². The van der Waals surface area contributed by atoms with Crippen molar-refractivity contribution < 1.29 is 19.1 Å². The molecule has 0 bridgehead atoms. The van der Waals surface area contributed by atoms with Gasteiger partial charge in [0.15, 0.2) is 10.9 Å². The number of nitrogens with zero attached hydrogens (tertiary/aromatic N) is 1. The van der Waals surface area contributed by atoms with Gasteiger partial charge in [-0.25, -0.2) is 0 Å². The van der Waals surface area contributed by atoms with Crippen molar-refractivity contribution in [3.05, 3.63) is 98.9 Å². The lowest BCUT2D eigenvalue weighted by atomic mass is 10.1. The molecule has 0 radical (unpaired) electrons. The zero-order valence-electron chi connectivity index (χ0n) is 19.9. The lowest BCUT2D eigenvalue weighted by molar-refractivity contribution is -0.123. The van der Waals surface area contributed by atoms with Gasteiger partial charge in [0, 0.05) is 5.69 Å². The minimum Gasteiger partial charge on any atom is -0.484 e. The van der Waals surface area contributed by atoms with E-state index in [4.69, 9.17) is 28.6 Å². The number of halogens is 1. The molecule has 7 nitrogen and oxygen atoms in total. The Bertz CT molecular complexity index is 1420. The molecular formula is C27H22ClN3O4S2. The van der Waals surface area contributed by atoms with E-state index in [9.17, 15) is 14.4 Å². The fourth-order valence-electron chi connectivity index (χ4n) is 3.41. The van der Waals surface area contributed by atoms with E-state index >= 15 is 0 Å². The Hall–Kier alpha value is -3.66.